The van der Waals surface area contributed by atoms with Crippen LogP contribution in [-0.2, 0) is 22.7 Å². The zero-order valence-corrected chi connectivity index (χ0v) is 27.6. The maximum atomic E-state index is 13.1. The van der Waals surface area contributed by atoms with Crippen LogP contribution in [0, 0.1) is 0 Å². The monoisotopic (exact) mass is 606 g/mol. The van der Waals surface area contributed by atoms with Crippen LogP contribution in [0.25, 0.3) is 0 Å². The Balaban J connectivity index is 1.70. The summed E-state index contributed by atoms with van der Waals surface area (Å²) in [6.45, 7) is 4.57. The number of nitrogens with zero attached hydrogens (tertiary/aromatic N) is 2. The highest BCUT2D eigenvalue weighted by atomic mass is 16.2. The maximum Gasteiger partial charge on any atom is 0.222 e. The molecule has 4 N–H and O–H groups in total. The molecule has 6 heteroatoms. The molecule has 0 saturated carbocycles. The van der Waals surface area contributed by atoms with Crippen molar-refractivity contribution in [2.45, 2.75) is 129 Å². The number of benzene rings is 2. The Hall–Kier alpha value is -2.70. The zero-order valence-electron chi connectivity index (χ0n) is 27.6. The minimum atomic E-state index is 0.284. The lowest BCUT2D eigenvalue weighted by molar-refractivity contribution is -0.132. The number of carbonyl (C=O) groups excluding carboxylic acids is 2. The van der Waals surface area contributed by atoms with E-state index in [9.17, 15) is 9.59 Å². The Kier molecular flexibility index (Phi) is 21.8. The van der Waals surface area contributed by atoms with Crippen LogP contribution in [0.4, 0.5) is 0 Å². The van der Waals surface area contributed by atoms with Gasteiger partial charge in [0.05, 0.1) is 0 Å². The average Bonchev–Trinajstić information content (AvgIpc) is 3.05. The molecule has 0 bridgehead atoms. The third kappa shape index (κ3) is 18.2. The van der Waals surface area contributed by atoms with Crippen molar-refractivity contribution in [3.05, 3.63) is 71.8 Å². The highest BCUT2D eigenvalue weighted by Gasteiger charge is 2.15. The fraction of sp³-hybridized carbons (Fsp3) is 0.632. The smallest absolute Gasteiger partial charge is 0.222 e. The zero-order chi connectivity index (χ0) is 31.5. The van der Waals surface area contributed by atoms with E-state index < -0.39 is 0 Å². The van der Waals surface area contributed by atoms with Crippen LogP contribution in [0.3, 0.4) is 0 Å². The van der Waals surface area contributed by atoms with Crippen molar-refractivity contribution >= 4 is 11.8 Å². The molecule has 0 radical (unpaired) electrons. The summed E-state index contributed by atoms with van der Waals surface area (Å²) in [5.41, 5.74) is 13.6. The van der Waals surface area contributed by atoms with Crippen LogP contribution in [0.1, 0.15) is 127 Å². The van der Waals surface area contributed by atoms with Crippen LogP contribution in [0.5, 0.6) is 0 Å². The quantitative estimate of drug-likeness (QED) is 0.101. The Morgan fingerprint density at radius 3 is 1.11 bits per heavy atom. The van der Waals surface area contributed by atoms with Crippen LogP contribution in [-0.4, -0.2) is 47.8 Å². The molecule has 0 aromatic heterocycles. The highest BCUT2D eigenvalue weighted by Crippen LogP contribution is 2.15. The van der Waals surface area contributed by atoms with E-state index in [0.717, 1.165) is 116 Å². The Morgan fingerprint density at radius 1 is 0.432 bits per heavy atom. The van der Waals surface area contributed by atoms with E-state index in [2.05, 4.69) is 58.3 Å². The molecule has 0 saturated heterocycles. The summed E-state index contributed by atoms with van der Waals surface area (Å²) < 4.78 is 0. The second kappa shape index (κ2) is 25.6. The van der Waals surface area contributed by atoms with Crippen LogP contribution >= 0.6 is 0 Å². The first-order valence-corrected chi connectivity index (χ1v) is 17.7. The summed E-state index contributed by atoms with van der Waals surface area (Å²) in [7, 11) is 0. The van der Waals surface area contributed by atoms with Gasteiger partial charge in [-0.3, -0.25) is 9.59 Å². The minimum absolute atomic E-state index is 0.284. The van der Waals surface area contributed by atoms with Gasteiger partial charge in [0.15, 0.2) is 0 Å². The van der Waals surface area contributed by atoms with Crippen LogP contribution in [0.2, 0.25) is 0 Å². The Bertz CT molecular complexity index is 890. The first-order chi connectivity index (χ1) is 21.6. The number of rotatable bonds is 27. The second-order valence-corrected chi connectivity index (χ2v) is 12.3. The predicted molar refractivity (Wildman–Crippen MR) is 185 cm³/mol. The summed E-state index contributed by atoms with van der Waals surface area (Å²) >= 11 is 0. The fourth-order valence-corrected chi connectivity index (χ4v) is 5.72. The summed E-state index contributed by atoms with van der Waals surface area (Å²) in [6, 6.07) is 20.7. The van der Waals surface area contributed by atoms with Gasteiger partial charge in [0, 0.05) is 39.0 Å². The number of carbonyl (C=O) groups is 2. The lowest BCUT2D eigenvalue weighted by Gasteiger charge is -2.23. The van der Waals surface area contributed by atoms with Gasteiger partial charge in [0.1, 0.15) is 0 Å². The number of nitrogens with two attached hydrogens (primary N) is 2. The second-order valence-electron chi connectivity index (χ2n) is 12.3. The highest BCUT2D eigenvalue weighted by molar-refractivity contribution is 5.76. The fourth-order valence-electron chi connectivity index (χ4n) is 5.72. The average molecular weight is 607 g/mol. The molecule has 2 aromatic rings. The molecule has 0 aliphatic heterocycles. The molecule has 0 heterocycles. The summed E-state index contributed by atoms with van der Waals surface area (Å²) in [5.74, 6) is 0.567. The predicted octanol–water partition coefficient (Wildman–Crippen LogP) is 7.98. The molecule has 0 unspecified atom stereocenters. The van der Waals surface area contributed by atoms with Crippen molar-refractivity contribution in [1.82, 2.24) is 9.80 Å². The van der Waals surface area contributed by atoms with E-state index in [1.54, 1.807) is 0 Å². The molecule has 6 nitrogen and oxygen atoms in total. The molecule has 44 heavy (non-hydrogen) atoms. The lowest BCUT2D eigenvalue weighted by Crippen LogP contribution is -2.31. The topological polar surface area (TPSA) is 92.7 Å². The summed E-state index contributed by atoms with van der Waals surface area (Å²) in [4.78, 5) is 30.3. The van der Waals surface area contributed by atoms with E-state index in [1.807, 2.05) is 12.1 Å². The van der Waals surface area contributed by atoms with E-state index in [0.29, 0.717) is 25.9 Å². The molecule has 0 aliphatic rings. The van der Waals surface area contributed by atoms with E-state index >= 15 is 0 Å². The normalized spacial score (nSPS) is 11.0. The SMILES string of the molecule is NCCCCCCCC(=O)N(CCCCCCCCN(Cc1ccccc1)C(=O)CCCCCCCN)Cc1ccccc1. The standard InChI is InChI=1S/C38H62N4O2/c39-29-19-7-3-5-17-27-37(43)41(33-35-23-13-11-14-24-35)31-21-9-1-2-10-22-32-42(34-36-25-15-12-16-26-36)38(44)28-18-6-4-8-20-30-40/h11-16,23-26H,1-10,17-22,27-34,39-40H2. The van der Waals surface area contributed by atoms with Crippen molar-refractivity contribution in [2.75, 3.05) is 26.2 Å². The molecular formula is C38H62N4O2. The Morgan fingerprint density at radius 2 is 0.750 bits per heavy atom. The van der Waals surface area contributed by atoms with E-state index in [-0.39, 0.29) is 11.8 Å². The Labute approximate surface area is 268 Å². The van der Waals surface area contributed by atoms with Crippen molar-refractivity contribution in [2.24, 2.45) is 11.5 Å². The van der Waals surface area contributed by atoms with E-state index in [4.69, 9.17) is 11.5 Å². The minimum Gasteiger partial charge on any atom is -0.338 e. The first-order valence-electron chi connectivity index (χ1n) is 17.7. The molecule has 2 amide bonds. The third-order valence-electron chi connectivity index (χ3n) is 8.43. The number of unbranched alkanes of at least 4 members (excludes halogenated alkanes) is 13. The third-order valence-corrected chi connectivity index (χ3v) is 8.43. The number of amides is 2. The van der Waals surface area contributed by atoms with Gasteiger partial charge in [-0.1, -0.05) is 125 Å². The van der Waals surface area contributed by atoms with E-state index in [1.165, 1.54) is 24.0 Å². The molecule has 0 aliphatic carbocycles. The van der Waals surface area contributed by atoms with Gasteiger partial charge in [-0.25, -0.2) is 0 Å². The molecule has 0 atom stereocenters. The molecule has 2 aromatic carbocycles. The summed E-state index contributed by atoms with van der Waals surface area (Å²) in [5, 5.41) is 0. The number of hydrogen-bond donors (Lipinski definition) is 2. The molecule has 0 fully saturated rings. The largest absolute Gasteiger partial charge is 0.338 e. The van der Waals surface area contributed by atoms with Gasteiger partial charge in [0.2, 0.25) is 11.8 Å². The van der Waals surface area contributed by atoms with Crippen molar-refractivity contribution in [1.29, 1.82) is 0 Å². The van der Waals surface area contributed by atoms with Gasteiger partial charge >= 0.3 is 0 Å². The number of hydrogen-bond acceptors (Lipinski definition) is 4. The van der Waals surface area contributed by atoms with Crippen molar-refractivity contribution in [3.8, 4) is 0 Å². The van der Waals surface area contributed by atoms with Crippen molar-refractivity contribution in [3.63, 3.8) is 0 Å². The molecule has 246 valence electrons. The molecule has 2 rings (SSSR count). The van der Waals surface area contributed by atoms with Gasteiger partial charge in [-0.2, -0.15) is 0 Å². The van der Waals surface area contributed by atoms with Crippen LogP contribution < -0.4 is 11.5 Å². The first kappa shape index (κ1) is 37.5. The molecule has 0 spiro atoms. The van der Waals surface area contributed by atoms with Crippen LogP contribution in [0.15, 0.2) is 60.7 Å². The lowest BCUT2D eigenvalue weighted by atomic mass is 10.1. The van der Waals surface area contributed by atoms with Gasteiger partial charge in [0.25, 0.3) is 0 Å². The van der Waals surface area contributed by atoms with Crippen molar-refractivity contribution < 1.29 is 9.59 Å². The van der Waals surface area contributed by atoms with Gasteiger partial charge < -0.3 is 21.3 Å². The van der Waals surface area contributed by atoms with Gasteiger partial charge in [-0.15, -0.1) is 0 Å². The maximum absolute atomic E-state index is 13.1. The van der Waals surface area contributed by atoms with Gasteiger partial charge in [-0.05, 0) is 62.7 Å². The summed E-state index contributed by atoms with van der Waals surface area (Å²) in [6.07, 6.45) is 18.9. The molecular weight excluding hydrogens is 544 g/mol.